The number of carbonyl (C=O) groups is 4. The molecular formula is C56H74MgN4O8. The van der Waals surface area contributed by atoms with Crippen LogP contribution in [0.2, 0.25) is 0 Å². The number of hydrogen-bond acceptors (Lipinski definition) is 10. The molecule has 368 valence electrons. The predicted molar refractivity (Wildman–Crippen MR) is 268 cm³/mol. The Bertz CT molecular complexity index is 1930. The molecule has 2 fully saturated rings. The third-order valence-corrected chi connectivity index (χ3v) is 13.1. The zero-order chi connectivity index (χ0) is 48.4. The van der Waals surface area contributed by atoms with Crippen LogP contribution >= 0.6 is 0 Å². The number of nitrogens with one attached hydrogen (secondary N) is 2. The van der Waals surface area contributed by atoms with Crippen LogP contribution < -0.4 is 20.8 Å². The summed E-state index contributed by atoms with van der Waals surface area (Å²) in [4.78, 5) is 49.0. The molecule has 2 aliphatic rings. The van der Waals surface area contributed by atoms with E-state index >= 15 is 0 Å². The zero-order valence-corrected chi connectivity index (χ0v) is 42.5. The third-order valence-electron chi connectivity index (χ3n) is 13.1. The molecule has 0 spiro atoms. The van der Waals surface area contributed by atoms with E-state index < -0.39 is 25.2 Å². The van der Waals surface area contributed by atoms with Crippen molar-refractivity contribution in [2.24, 2.45) is 11.8 Å². The number of carboxylic acid groups (broad SMARTS) is 2. The molecule has 2 amide bonds. The van der Waals surface area contributed by atoms with Crippen molar-refractivity contribution in [3.05, 3.63) is 143 Å². The second-order valence-corrected chi connectivity index (χ2v) is 18.6. The minimum atomic E-state index is -1.32. The summed E-state index contributed by atoms with van der Waals surface area (Å²) in [5.74, 6) is -1.19. The Morgan fingerprint density at radius 2 is 0.884 bits per heavy atom. The average Bonchev–Trinajstić information content (AvgIpc) is 3.33. The average molecular weight is 956 g/mol. The van der Waals surface area contributed by atoms with Crippen molar-refractivity contribution in [3.63, 3.8) is 0 Å². The molecule has 2 aliphatic heterocycles. The van der Waals surface area contributed by atoms with Crippen LogP contribution in [0.5, 0.6) is 0 Å². The number of aryl methyl sites for hydroxylation is 2. The van der Waals surface area contributed by atoms with E-state index in [9.17, 15) is 29.4 Å². The summed E-state index contributed by atoms with van der Waals surface area (Å²) in [5.41, 5.74) is 8.20. The van der Waals surface area contributed by atoms with Crippen LogP contribution in [0.4, 0.5) is 0 Å². The van der Waals surface area contributed by atoms with Gasteiger partial charge >= 0.3 is 23.1 Å². The van der Waals surface area contributed by atoms with Gasteiger partial charge in [-0.05, 0) is 125 Å². The SMILES string of the molecule is Cc1ccc(C(c2ccccc2)C2CCCN(CCCCCNC(=O)COCC(=O)[O-])C2)cc1.Cc1ccc(C(c2ccccc2)C2CCCN(CCCCCNC(=O)COCC(=O)[O-])C2)cc1.[Mg+2]. The fourth-order valence-electron chi connectivity index (χ4n) is 9.76. The van der Waals surface area contributed by atoms with Crippen LogP contribution in [-0.2, 0) is 28.7 Å². The standard InChI is InChI=1S/2C28H38N2O4.Mg/c2*1-22-12-14-24(15-13-22)28(23-9-4-2-5-10-23)25-11-8-18-30(19-25)17-7-3-6-16-29-26(31)20-34-21-27(32)33;/h2*2,4-5,9-10,12-15,25,28H,3,6-8,11,16-21H2,1H3,(H,29,31)(H,32,33);/q;;+2/p-2. The van der Waals surface area contributed by atoms with Crippen molar-refractivity contribution in [3.8, 4) is 0 Å². The van der Waals surface area contributed by atoms with Gasteiger partial charge in [-0.25, -0.2) is 0 Å². The molecule has 0 aromatic heterocycles. The number of unbranched alkanes of at least 4 members (excludes halogenated alkanes) is 4. The van der Waals surface area contributed by atoms with Crippen LogP contribution in [0.1, 0.15) is 109 Å². The molecular weight excluding hydrogens is 881 g/mol. The molecule has 4 atom stereocenters. The normalized spacial score (nSPS) is 17.0. The molecule has 2 heterocycles. The summed E-state index contributed by atoms with van der Waals surface area (Å²) in [6.45, 7) is 10.5. The third kappa shape index (κ3) is 21.5. The van der Waals surface area contributed by atoms with E-state index in [2.05, 4.69) is 143 Å². The topological polar surface area (TPSA) is 163 Å². The number of amides is 2. The first kappa shape index (κ1) is 56.9. The molecule has 0 saturated carbocycles. The van der Waals surface area contributed by atoms with Gasteiger partial charge in [-0.2, -0.15) is 0 Å². The number of rotatable bonds is 26. The van der Waals surface area contributed by atoms with Crippen LogP contribution in [-0.4, -0.2) is 135 Å². The van der Waals surface area contributed by atoms with E-state index in [1.807, 2.05) is 0 Å². The first-order chi connectivity index (χ1) is 33.0. The fraction of sp³-hybridized carbons (Fsp3) is 0.500. The number of piperidine rings is 2. The van der Waals surface area contributed by atoms with E-state index in [0.29, 0.717) is 36.8 Å². The monoisotopic (exact) mass is 955 g/mol. The van der Waals surface area contributed by atoms with Crippen LogP contribution in [0.3, 0.4) is 0 Å². The molecule has 0 radical (unpaired) electrons. The van der Waals surface area contributed by atoms with Crippen molar-refractivity contribution in [2.75, 3.05) is 78.8 Å². The van der Waals surface area contributed by atoms with E-state index in [0.717, 1.165) is 77.8 Å². The maximum atomic E-state index is 11.6. The Kier molecular flexibility index (Phi) is 26.7. The Morgan fingerprint density at radius 1 is 0.522 bits per heavy atom. The van der Waals surface area contributed by atoms with Crippen LogP contribution in [0, 0.1) is 25.7 Å². The summed E-state index contributed by atoms with van der Waals surface area (Å²) < 4.78 is 9.47. The van der Waals surface area contributed by atoms with Gasteiger partial charge in [0.25, 0.3) is 0 Å². The number of nitrogens with zero attached hydrogens (tertiary/aromatic N) is 2. The fourth-order valence-corrected chi connectivity index (χ4v) is 9.76. The molecule has 0 aliphatic carbocycles. The van der Waals surface area contributed by atoms with E-state index in [4.69, 9.17) is 9.47 Å². The molecule has 4 aromatic carbocycles. The van der Waals surface area contributed by atoms with Gasteiger partial charge in [0, 0.05) is 38.0 Å². The number of carboxylic acids is 2. The summed E-state index contributed by atoms with van der Waals surface area (Å²) in [5, 5.41) is 26.1. The summed E-state index contributed by atoms with van der Waals surface area (Å²) in [7, 11) is 0. The minimum absolute atomic E-state index is 0. The molecule has 12 nitrogen and oxygen atoms in total. The number of aliphatic carboxylic acids is 2. The maximum absolute atomic E-state index is 11.6. The number of benzene rings is 4. The predicted octanol–water partition coefficient (Wildman–Crippen LogP) is 5.40. The number of hydrogen-bond donors (Lipinski definition) is 2. The van der Waals surface area contributed by atoms with E-state index in [-0.39, 0.29) is 48.1 Å². The van der Waals surface area contributed by atoms with E-state index in [1.165, 1.54) is 59.1 Å². The smallest absolute Gasteiger partial charge is 0.548 e. The molecule has 13 heteroatoms. The molecule has 0 bridgehead atoms. The van der Waals surface area contributed by atoms with Crippen molar-refractivity contribution < 1.29 is 38.9 Å². The first-order valence-corrected chi connectivity index (χ1v) is 24.8. The molecule has 69 heavy (non-hydrogen) atoms. The molecule has 4 aromatic rings. The van der Waals surface area contributed by atoms with Gasteiger partial charge in [-0.3, -0.25) is 9.59 Å². The van der Waals surface area contributed by atoms with Crippen LogP contribution in [0.15, 0.2) is 109 Å². The quantitative estimate of drug-likeness (QED) is 0.0616. The Hall–Kier alpha value is -4.63. The number of carbonyl (C=O) groups excluding carboxylic acids is 4. The van der Waals surface area contributed by atoms with Gasteiger partial charge in [-0.1, -0.05) is 133 Å². The second-order valence-electron chi connectivity index (χ2n) is 18.6. The zero-order valence-electron chi connectivity index (χ0n) is 41.1. The first-order valence-electron chi connectivity index (χ1n) is 24.8. The molecule has 4 unspecified atom stereocenters. The number of likely N-dealkylation sites (tertiary alicyclic amines) is 2. The minimum Gasteiger partial charge on any atom is -0.548 e. The summed E-state index contributed by atoms with van der Waals surface area (Å²) in [6.07, 6.45) is 11.0. The van der Waals surface area contributed by atoms with Crippen molar-refractivity contribution in [1.29, 1.82) is 0 Å². The van der Waals surface area contributed by atoms with Crippen molar-refractivity contribution in [1.82, 2.24) is 20.4 Å². The molecule has 2 saturated heterocycles. The van der Waals surface area contributed by atoms with Gasteiger partial charge in [0.1, 0.15) is 13.2 Å². The molecule has 2 N–H and O–H groups in total. The van der Waals surface area contributed by atoms with Crippen molar-refractivity contribution in [2.45, 2.75) is 89.9 Å². The Labute approximate surface area is 427 Å². The summed E-state index contributed by atoms with van der Waals surface area (Å²) in [6, 6.07) is 39.9. The van der Waals surface area contributed by atoms with Gasteiger partial charge < -0.3 is 49.7 Å². The van der Waals surface area contributed by atoms with Crippen molar-refractivity contribution >= 4 is 46.8 Å². The number of ether oxygens (including phenoxy) is 2. The molecule has 6 rings (SSSR count). The second kappa shape index (κ2) is 32.3. The largest absolute Gasteiger partial charge is 2.00 e. The van der Waals surface area contributed by atoms with E-state index in [1.54, 1.807) is 0 Å². The maximum Gasteiger partial charge on any atom is 2.00 e. The summed E-state index contributed by atoms with van der Waals surface area (Å²) >= 11 is 0. The Balaban J connectivity index is 0.000000296. The Morgan fingerprint density at radius 3 is 1.25 bits per heavy atom. The van der Waals surface area contributed by atoms with Gasteiger partial charge in [-0.15, -0.1) is 0 Å². The van der Waals surface area contributed by atoms with Crippen LogP contribution in [0.25, 0.3) is 0 Å². The van der Waals surface area contributed by atoms with Gasteiger partial charge in [0.2, 0.25) is 11.8 Å². The van der Waals surface area contributed by atoms with Gasteiger partial charge in [0.05, 0.1) is 25.2 Å². The van der Waals surface area contributed by atoms with Gasteiger partial charge in [0.15, 0.2) is 0 Å².